The van der Waals surface area contributed by atoms with Gasteiger partial charge < -0.3 is 9.64 Å². The number of carbonyl (C=O) groups is 3. The van der Waals surface area contributed by atoms with Gasteiger partial charge in [-0.25, -0.2) is 0 Å². The number of amides is 1. The Labute approximate surface area is 153 Å². The number of Topliss-reactive ketones (excluding diaryl/α,β-unsaturated/α-hetero) is 1. The number of fused-ring (bicyclic) bond motifs is 1. The quantitative estimate of drug-likeness (QED) is 0.563. The van der Waals surface area contributed by atoms with Crippen molar-refractivity contribution in [3.63, 3.8) is 0 Å². The zero-order valence-corrected chi connectivity index (χ0v) is 15.7. The molecule has 0 aromatic heterocycles. The standard InChI is InChI=1S/C21H25NO4/c1-5-22(6-2)20(24)13-26-21(25)14(3)16-7-9-19-12-17(15(4)23)8-10-18(19)11-16/h7-12,14H,5-6,13H2,1-4H3. The lowest BCUT2D eigenvalue weighted by molar-refractivity contribution is -0.152. The highest BCUT2D eigenvalue weighted by Gasteiger charge is 2.19. The Morgan fingerprint density at radius 3 is 2.23 bits per heavy atom. The van der Waals surface area contributed by atoms with Gasteiger partial charge in [0.2, 0.25) is 0 Å². The number of hydrogen-bond acceptors (Lipinski definition) is 4. The van der Waals surface area contributed by atoms with E-state index >= 15 is 0 Å². The molecule has 1 amide bonds. The van der Waals surface area contributed by atoms with Crippen molar-refractivity contribution >= 4 is 28.4 Å². The summed E-state index contributed by atoms with van der Waals surface area (Å²) < 4.78 is 5.19. The Bertz CT molecular complexity index is 824. The van der Waals surface area contributed by atoms with Crippen LogP contribution in [0.2, 0.25) is 0 Å². The van der Waals surface area contributed by atoms with E-state index in [9.17, 15) is 14.4 Å². The SMILES string of the molecule is CCN(CC)C(=O)COC(=O)C(C)c1ccc2cc(C(C)=O)ccc2c1. The van der Waals surface area contributed by atoms with Gasteiger partial charge in [0.1, 0.15) is 0 Å². The predicted molar refractivity (Wildman–Crippen MR) is 101 cm³/mol. The molecule has 0 heterocycles. The van der Waals surface area contributed by atoms with Crippen LogP contribution in [0, 0.1) is 0 Å². The lowest BCUT2D eigenvalue weighted by atomic mass is 9.96. The fraction of sp³-hybridized carbons (Fsp3) is 0.381. The maximum Gasteiger partial charge on any atom is 0.313 e. The molecule has 0 aliphatic heterocycles. The molecule has 0 radical (unpaired) electrons. The van der Waals surface area contributed by atoms with Crippen LogP contribution in [-0.2, 0) is 14.3 Å². The van der Waals surface area contributed by atoms with E-state index < -0.39 is 11.9 Å². The average molecular weight is 355 g/mol. The minimum Gasteiger partial charge on any atom is -0.455 e. The Morgan fingerprint density at radius 2 is 1.62 bits per heavy atom. The highest BCUT2D eigenvalue weighted by atomic mass is 16.5. The number of nitrogens with zero attached hydrogens (tertiary/aromatic N) is 1. The third-order valence-corrected chi connectivity index (χ3v) is 4.58. The van der Waals surface area contributed by atoms with Crippen LogP contribution < -0.4 is 0 Å². The summed E-state index contributed by atoms with van der Waals surface area (Å²) in [6, 6.07) is 11.1. The molecule has 2 aromatic rings. The highest BCUT2D eigenvalue weighted by molar-refractivity contribution is 5.98. The Hall–Kier alpha value is -2.69. The van der Waals surface area contributed by atoms with E-state index in [0.717, 1.165) is 16.3 Å². The van der Waals surface area contributed by atoms with Crippen LogP contribution in [0.25, 0.3) is 10.8 Å². The smallest absolute Gasteiger partial charge is 0.313 e. The van der Waals surface area contributed by atoms with Crippen molar-refractivity contribution in [1.29, 1.82) is 0 Å². The normalized spacial score (nSPS) is 11.8. The molecular formula is C21H25NO4. The number of ketones is 1. The van der Waals surface area contributed by atoms with Gasteiger partial charge in [-0.3, -0.25) is 14.4 Å². The molecule has 1 unspecified atom stereocenters. The van der Waals surface area contributed by atoms with Gasteiger partial charge in [-0.1, -0.05) is 30.3 Å². The maximum absolute atomic E-state index is 12.3. The summed E-state index contributed by atoms with van der Waals surface area (Å²) in [5, 5.41) is 1.89. The van der Waals surface area contributed by atoms with Gasteiger partial charge >= 0.3 is 5.97 Å². The van der Waals surface area contributed by atoms with Gasteiger partial charge in [0.15, 0.2) is 12.4 Å². The molecule has 5 heteroatoms. The number of benzene rings is 2. The van der Waals surface area contributed by atoms with Crippen molar-refractivity contribution < 1.29 is 19.1 Å². The van der Waals surface area contributed by atoms with Crippen molar-refractivity contribution in [2.45, 2.75) is 33.6 Å². The summed E-state index contributed by atoms with van der Waals surface area (Å²) in [4.78, 5) is 37.3. The highest BCUT2D eigenvalue weighted by Crippen LogP contribution is 2.24. The minimum absolute atomic E-state index is 0.0193. The van der Waals surface area contributed by atoms with Crippen LogP contribution in [-0.4, -0.2) is 42.3 Å². The van der Waals surface area contributed by atoms with Gasteiger partial charge in [0.05, 0.1) is 5.92 Å². The van der Waals surface area contributed by atoms with Crippen molar-refractivity contribution in [3.05, 3.63) is 47.5 Å². The van der Waals surface area contributed by atoms with Crippen LogP contribution >= 0.6 is 0 Å². The van der Waals surface area contributed by atoms with E-state index in [2.05, 4.69) is 0 Å². The molecule has 0 N–H and O–H groups in total. The molecule has 138 valence electrons. The molecule has 2 aromatic carbocycles. The Morgan fingerprint density at radius 1 is 1.00 bits per heavy atom. The molecule has 0 aliphatic carbocycles. The van der Waals surface area contributed by atoms with Crippen molar-refractivity contribution in [2.24, 2.45) is 0 Å². The van der Waals surface area contributed by atoms with E-state index in [-0.39, 0.29) is 18.3 Å². The van der Waals surface area contributed by atoms with E-state index in [1.807, 2.05) is 44.2 Å². The third-order valence-electron chi connectivity index (χ3n) is 4.58. The summed E-state index contributed by atoms with van der Waals surface area (Å²) >= 11 is 0. The number of hydrogen-bond donors (Lipinski definition) is 0. The predicted octanol–water partition coefficient (Wildman–Crippen LogP) is 3.56. The third kappa shape index (κ3) is 4.48. The summed E-state index contributed by atoms with van der Waals surface area (Å²) in [5.41, 5.74) is 1.47. The molecule has 26 heavy (non-hydrogen) atoms. The van der Waals surface area contributed by atoms with Crippen molar-refractivity contribution in [2.75, 3.05) is 19.7 Å². The Kier molecular flexibility index (Phi) is 6.50. The summed E-state index contributed by atoms with van der Waals surface area (Å²) in [7, 11) is 0. The first kappa shape index (κ1) is 19.6. The molecule has 1 atom stereocenters. The molecule has 0 fully saturated rings. The van der Waals surface area contributed by atoms with Gasteiger partial charge in [-0.2, -0.15) is 0 Å². The number of likely N-dealkylation sites (N-methyl/N-ethyl adjacent to an activating group) is 1. The summed E-state index contributed by atoms with van der Waals surface area (Å²) in [5.74, 6) is -1.07. The zero-order valence-electron chi connectivity index (χ0n) is 15.7. The number of carbonyl (C=O) groups excluding carboxylic acids is 3. The molecule has 2 rings (SSSR count). The van der Waals surface area contributed by atoms with Gasteiger partial charge in [0.25, 0.3) is 5.91 Å². The molecular weight excluding hydrogens is 330 g/mol. The van der Waals surface area contributed by atoms with Crippen LogP contribution in [0.5, 0.6) is 0 Å². The van der Waals surface area contributed by atoms with Crippen LogP contribution in [0.3, 0.4) is 0 Å². The molecule has 5 nitrogen and oxygen atoms in total. The summed E-state index contributed by atoms with van der Waals surface area (Å²) in [6.07, 6.45) is 0. The maximum atomic E-state index is 12.3. The topological polar surface area (TPSA) is 63.7 Å². The molecule has 0 bridgehead atoms. The number of rotatable bonds is 7. The monoisotopic (exact) mass is 355 g/mol. The van der Waals surface area contributed by atoms with Crippen molar-refractivity contribution in [3.8, 4) is 0 Å². The first-order valence-electron chi connectivity index (χ1n) is 8.86. The number of ether oxygens (including phenoxy) is 1. The molecule has 0 saturated heterocycles. The van der Waals surface area contributed by atoms with Gasteiger partial charge in [0, 0.05) is 18.7 Å². The fourth-order valence-corrected chi connectivity index (χ4v) is 2.81. The lowest BCUT2D eigenvalue weighted by Crippen LogP contribution is -2.34. The van der Waals surface area contributed by atoms with E-state index in [4.69, 9.17) is 4.74 Å². The van der Waals surface area contributed by atoms with Crippen LogP contribution in [0.1, 0.15) is 49.5 Å². The molecule has 0 saturated carbocycles. The van der Waals surface area contributed by atoms with E-state index in [1.54, 1.807) is 17.9 Å². The average Bonchev–Trinajstić information content (AvgIpc) is 2.65. The van der Waals surface area contributed by atoms with E-state index in [1.165, 1.54) is 6.92 Å². The fourth-order valence-electron chi connectivity index (χ4n) is 2.81. The second-order valence-corrected chi connectivity index (χ2v) is 6.27. The number of esters is 1. The largest absolute Gasteiger partial charge is 0.455 e. The first-order valence-corrected chi connectivity index (χ1v) is 8.86. The van der Waals surface area contributed by atoms with Crippen molar-refractivity contribution in [1.82, 2.24) is 4.90 Å². The molecule has 0 spiro atoms. The molecule has 0 aliphatic rings. The Balaban J connectivity index is 2.09. The minimum atomic E-state index is -0.476. The zero-order chi connectivity index (χ0) is 19.3. The van der Waals surface area contributed by atoms with Crippen LogP contribution in [0.15, 0.2) is 36.4 Å². The summed E-state index contributed by atoms with van der Waals surface area (Å²) in [6.45, 7) is 8.02. The van der Waals surface area contributed by atoms with Crippen LogP contribution in [0.4, 0.5) is 0 Å². The lowest BCUT2D eigenvalue weighted by Gasteiger charge is -2.19. The van der Waals surface area contributed by atoms with Gasteiger partial charge in [-0.05, 0) is 50.1 Å². The second-order valence-electron chi connectivity index (χ2n) is 6.27. The first-order chi connectivity index (χ1) is 12.4. The second kappa shape index (κ2) is 8.61. The van der Waals surface area contributed by atoms with Gasteiger partial charge in [-0.15, -0.1) is 0 Å². The van der Waals surface area contributed by atoms with E-state index in [0.29, 0.717) is 18.7 Å².